The number of benzene rings is 1. The fourth-order valence-electron chi connectivity index (χ4n) is 5.14. The highest BCUT2D eigenvalue weighted by molar-refractivity contribution is 5.93. The molecule has 1 aromatic carbocycles. The quantitative estimate of drug-likeness (QED) is 0.552. The Morgan fingerprint density at radius 2 is 1.92 bits per heavy atom. The minimum absolute atomic E-state index is 0.0856. The Hall–Kier alpha value is -3.47. The van der Waals surface area contributed by atoms with Gasteiger partial charge in [0.25, 0.3) is 0 Å². The lowest BCUT2D eigenvalue weighted by Crippen LogP contribution is -2.76. The van der Waals surface area contributed by atoms with E-state index in [0.29, 0.717) is 18.5 Å². The van der Waals surface area contributed by atoms with Crippen LogP contribution in [0, 0.1) is 5.82 Å². The number of nitrogens with one attached hydrogen (secondary N) is 1. The Balaban J connectivity index is 1.54. The van der Waals surface area contributed by atoms with E-state index in [9.17, 15) is 28.7 Å². The molecule has 0 aromatic heterocycles. The molecule has 1 aliphatic carbocycles. The lowest BCUT2D eigenvalue weighted by molar-refractivity contribution is -0.188. The first-order valence-corrected chi connectivity index (χ1v) is 12.3. The van der Waals surface area contributed by atoms with Gasteiger partial charge in [-0.15, -0.1) is 0 Å². The third kappa shape index (κ3) is 5.67. The number of hydrogen-bond acceptors (Lipinski definition) is 5. The third-order valence-electron chi connectivity index (χ3n) is 6.96. The second-order valence-corrected chi connectivity index (χ2v) is 9.48. The fraction of sp³-hybridized carbons (Fsp3) is 0.520. The molecule has 2 N–H and O–H groups in total. The van der Waals surface area contributed by atoms with Crippen LogP contribution in [0.5, 0.6) is 0 Å². The monoisotopic (exact) mass is 501 g/mol. The van der Waals surface area contributed by atoms with Crippen molar-refractivity contribution in [1.82, 2.24) is 25.1 Å². The average Bonchev–Trinajstić information content (AvgIpc) is 2.84. The molecule has 0 unspecified atom stereocenters. The molecule has 2 heterocycles. The molecule has 194 valence electrons. The number of carboxylic acid groups (broad SMARTS) is 1. The molecule has 2 aliphatic heterocycles. The number of rotatable bonds is 7. The van der Waals surface area contributed by atoms with Crippen LogP contribution in [0.3, 0.4) is 0 Å². The maximum Gasteiger partial charge on any atom is 0.334 e. The van der Waals surface area contributed by atoms with Crippen LogP contribution in [0.1, 0.15) is 44.1 Å². The molecule has 0 saturated carbocycles. The second-order valence-electron chi connectivity index (χ2n) is 9.48. The first kappa shape index (κ1) is 25.6. The summed E-state index contributed by atoms with van der Waals surface area (Å²) in [5.74, 6) is -2.38. The van der Waals surface area contributed by atoms with Crippen molar-refractivity contribution < 1.29 is 28.7 Å². The standard InChI is InChI=1S/C25H32FN5O5/c1-28-16-22(32)30-20(13-23(33)34)24(35)29(12-11-17-5-3-2-4-6-17)15-21(30)31(28)25(36)27-14-18-7-9-19(26)10-8-18/h5,7-10,20-21H,2-4,6,11-16H2,1H3,(H,27,36)(H,33,34)/t20-,21-/m0/s1. The average molecular weight is 502 g/mol. The first-order chi connectivity index (χ1) is 17.2. The van der Waals surface area contributed by atoms with Crippen LogP contribution < -0.4 is 5.32 Å². The summed E-state index contributed by atoms with van der Waals surface area (Å²) in [6, 6.07) is 4.05. The zero-order valence-electron chi connectivity index (χ0n) is 20.4. The summed E-state index contributed by atoms with van der Waals surface area (Å²) < 4.78 is 13.2. The third-order valence-corrected chi connectivity index (χ3v) is 6.96. The number of urea groups is 1. The van der Waals surface area contributed by atoms with Crippen LogP contribution in [0.25, 0.3) is 0 Å². The van der Waals surface area contributed by atoms with Gasteiger partial charge in [0.15, 0.2) is 0 Å². The molecule has 11 heteroatoms. The van der Waals surface area contributed by atoms with Gasteiger partial charge in [0.1, 0.15) is 18.0 Å². The number of hydrazine groups is 1. The predicted octanol–water partition coefficient (Wildman–Crippen LogP) is 1.93. The number of aliphatic carboxylic acids is 1. The van der Waals surface area contributed by atoms with Crippen LogP contribution in [0.15, 0.2) is 35.9 Å². The normalized spacial score (nSPS) is 22.8. The molecule has 2 saturated heterocycles. The largest absolute Gasteiger partial charge is 0.481 e. The van der Waals surface area contributed by atoms with Gasteiger partial charge in [0.2, 0.25) is 11.8 Å². The summed E-state index contributed by atoms with van der Waals surface area (Å²) >= 11 is 0. The van der Waals surface area contributed by atoms with E-state index in [4.69, 9.17) is 0 Å². The van der Waals surface area contributed by atoms with Crippen molar-refractivity contribution in [2.45, 2.75) is 57.3 Å². The number of hydrogen-bond donors (Lipinski definition) is 2. The van der Waals surface area contributed by atoms with Gasteiger partial charge in [-0.3, -0.25) is 14.4 Å². The molecule has 4 rings (SSSR count). The van der Waals surface area contributed by atoms with E-state index >= 15 is 0 Å². The Morgan fingerprint density at radius 3 is 2.58 bits per heavy atom. The highest BCUT2D eigenvalue weighted by Gasteiger charge is 2.51. The van der Waals surface area contributed by atoms with Crippen molar-refractivity contribution in [2.75, 3.05) is 26.7 Å². The van der Waals surface area contributed by atoms with E-state index in [1.54, 1.807) is 24.1 Å². The van der Waals surface area contributed by atoms with Crippen LogP contribution in [-0.4, -0.2) is 87.6 Å². The highest BCUT2D eigenvalue weighted by atomic mass is 19.1. The summed E-state index contributed by atoms with van der Waals surface area (Å²) in [7, 11) is 1.60. The summed E-state index contributed by atoms with van der Waals surface area (Å²) in [4.78, 5) is 54.0. The molecule has 0 bridgehead atoms. The first-order valence-electron chi connectivity index (χ1n) is 12.3. The molecule has 1 aromatic rings. The van der Waals surface area contributed by atoms with Crippen molar-refractivity contribution in [1.29, 1.82) is 0 Å². The molecule has 2 fully saturated rings. The summed E-state index contributed by atoms with van der Waals surface area (Å²) in [6.45, 7) is 0.451. The van der Waals surface area contributed by atoms with Gasteiger partial charge in [0, 0.05) is 20.1 Å². The van der Waals surface area contributed by atoms with Crippen LogP contribution in [0.4, 0.5) is 9.18 Å². The SMILES string of the molecule is CN1CC(=O)N2[C@@H](CC(=O)O)C(=O)N(CCC3=CCCCC3)C[C@@H]2N1C(=O)NCc1ccc(F)cc1. The van der Waals surface area contributed by atoms with Crippen molar-refractivity contribution in [3.63, 3.8) is 0 Å². The van der Waals surface area contributed by atoms with E-state index in [0.717, 1.165) is 25.7 Å². The van der Waals surface area contributed by atoms with E-state index in [1.807, 2.05) is 0 Å². The van der Waals surface area contributed by atoms with E-state index < -0.39 is 42.4 Å². The van der Waals surface area contributed by atoms with Crippen molar-refractivity contribution in [2.24, 2.45) is 0 Å². The molecular weight excluding hydrogens is 469 g/mol. The van der Waals surface area contributed by atoms with Gasteiger partial charge >= 0.3 is 12.0 Å². The van der Waals surface area contributed by atoms with E-state index in [-0.39, 0.29) is 25.5 Å². The van der Waals surface area contributed by atoms with Crippen LogP contribution >= 0.6 is 0 Å². The smallest absolute Gasteiger partial charge is 0.334 e. The number of halogens is 1. The molecule has 36 heavy (non-hydrogen) atoms. The molecule has 2 atom stereocenters. The topological polar surface area (TPSA) is 114 Å². The maximum atomic E-state index is 13.3. The zero-order valence-corrected chi connectivity index (χ0v) is 20.4. The number of piperazine rings is 1. The second kappa shape index (κ2) is 11.1. The number of nitrogens with zero attached hydrogens (tertiary/aromatic N) is 4. The summed E-state index contributed by atoms with van der Waals surface area (Å²) in [5.41, 5.74) is 1.97. The lowest BCUT2D eigenvalue weighted by Gasteiger charge is -2.54. The van der Waals surface area contributed by atoms with E-state index in [1.165, 1.54) is 32.6 Å². The van der Waals surface area contributed by atoms with Gasteiger partial charge in [-0.2, -0.15) is 0 Å². The Bertz CT molecular complexity index is 1050. The van der Waals surface area contributed by atoms with Crippen LogP contribution in [0.2, 0.25) is 0 Å². The number of carbonyl (C=O) groups excluding carboxylic acids is 3. The minimum Gasteiger partial charge on any atom is -0.481 e. The van der Waals surface area contributed by atoms with Crippen molar-refractivity contribution >= 4 is 23.8 Å². The molecule has 3 aliphatic rings. The van der Waals surface area contributed by atoms with Gasteiger partial charge < -0.3 is 20.2 Å². The zero-order chi connectivity index (χ0) is 25.8. The summed E-state index contributed by atoms with van der Waals surface area (Å²) in [6.07, 6.45) is 5.77. The Morgan fingerprint density at radius 1 is 1.17 bits per heavy atom. The molecule has 4 amide bonds. The fourth-order valence-corrected chi connectivity index (χ4v) is 5.14. The lowest BCUT2D eigenvalue weighted by atomic mass is 9.96. The maximum absolute atomic E-state index is 13.3. The summed E-state index contributed by atoms with van der Waals surface area (Å²) in [5, 5.41) is 15.1. The molecule has 10 nitrogen and oxygen atoms in total. The number of carboxylic acids is 1. The van der Waals surface area contributed by atoms with Gasteiger partial charge in [-0.25, -0.2) is 19.2 Å². The molecule has 0 spiro atoms. The van der Waals surface area contributed by atoms with Crippen LogP contribution in [-0.2, 0) is 20.9 Å². The molecule has 0 radical (unpaired) electrons. The van der Waals surface area contributed by atoms with Gasteiger partial charge in [0.05, 0.1) is 19.5 Å². The van der Waals surface area contributed by atoms with E-state index in [2.05, 4.69) is 11.4 Å². The number of allylic oxidation sites excluding steroid dienone is 1. The van der Waals surface area contributed by atoms with Crippen molar-refractivity contribution in [3.8, 4) is 0 Å². The number of amides is 4. The number of fused-ring (bicyclic) bond motifs is 1. The minimum atomic E-state index is -1.19. The highest BCUT2D eigenvalue weighted by Crippen LogP contribution is 2.28. The van der Waals surface area contributed by atoms with Gasteiger partial charge in [-0.1, -0.05) is 23.8 Å². The Labute approximate surface area is 209 Å². The molecular formula is C25H32FN5O5. The number of likely N-dealkylation sites (N-methyl/N-ethyl adjacent to an activating group) is 1. The Kier molecular flexibility index (Phi) is 7.88. The van der Waals surface area contributed by atoms with Gasteiger partial charge in [-0.05, 0) is 49.8 Å². The predicted molar refractivity (Wildman–Crippen MR) is 128 cm³/mol. The number of carbonyl (C=O) groups is 4. The van der Waals surface area contributed by atoms with Crippen molar-refractivity contribution in [3.05, 3.63) is 47.3 Å².